The van der Waals surface area contributed by atoms with Crippen LogP contribution in [-0.4, -0.2) is 15.8 Å². The number of hydrogen-bond donors (Lipinski definition) is 2. The van der Waals surface area contributed by atoms with E-state index in [9.17, 15) is 0 Å². The number of anilines is 2. The fraction of sp³-hybridized carbons (Fsp3) is 0.364. The van der Waals surface area contributed by atoms with Crippen LogP contribution in [0.4, 0.5) is 11.5 Å². The normalized spacial score (nSPS) is 11.2. The van der Waals surface area contributed by atoms with Crippen LogP contribution in [0.5, 0.6) is 0 Å². The van der Waals surface area contributed by atoms with Crippen molar-refractivity contribution in [2.75, 3.05) is 11.1 Å². The van der Waals surface area contributed by atoms with Gasteiger partial charge >= 0.3 is 0 Å². The lowest BCUT2D eigenvalue weighted by atomic mass is 10.2. The van der Waals surface area contributed by atoms with Crippen LogP contribution in [0.2, 0.25) is 0 Å². The molecule has 80 valence electrons. The lowest BCUT2D eigenvalue weighted by molar-refractivity contribution is 0.787. The van der Waals surface area contributed by atoms with Crippen molar-refractivity contribution in [3.8, 4) is 0 Å². The molecule has 0 aliphatic heterocycles. The minimum absolute atomic E-state index is 0.365. The molecule has 0 aliphatic carbocycles. The van der Waals surface area contributed by atoms with Gasteiger partial charge in [0.05, 0.1) is 11.2 Å². The van der Waals surface area contributed by atoms with Gasteiger partial charge < -0.3 is 11.1 Å². The molecule has 4 heteroatoms. The van der Waals surface area contributed by atoms with Crippen molar-refractivity contribution < 1.29 is 0 Å². The van der Waals surface area contributed by atoms with Crippen molar-refractivity contribution in [2.24, 2.45) is 7.05 Å². The third-order valence-electron chi connectivity index (χ3n) is 2.32. The Kier molecular flexibility index (Phi) is 2.26. The molecule has 4 nitrogen and oxygen atoms in total. The first-order valence-electron chi connectivity index (χ1n) is 5.07. The summed E-state index contributed by atoms with van der Waals surface area (Å²) in [6.45, 7) is 4.18. The Labute approximate surface area is 89.1 Å². The number of nitrogen functional groups attached to an aromatic ring is 1. The van der Waals surface area contributed by atoms with Gasteiger partial charge in [0.1, 0.15) is 0 Å². The van der Waals surface area contributed by atoms with Crippen LogP contribution in [0.25, 0.3) is 10.9 Å². The van der Waals surface area contributed by atoms with Crippen LogP contribution in [0.1, 0.15) is 13.8 Å². The molecule has 1 heterocycles. The quantitative estimate of drug-likeness (QED) is 0.735. The van der Waals surface area contributed by atoms with Crippen LogP contribution in [0, 0.1) is 0 Å². The first-order valence-corrected chi connectivity index (χ1v) is 5.07. The largest absolute Gasteiger partial charge is 0.397 e. The summed E-state index contributed by atoms with van der Waals surface area (Å²) in [4.78, 5) is 0. The van der Waals surface area contributed by atoms with Crippen LogP contribution < -0.4 is 11.1 Å². The number of rotatable bonds is 2. The van der Waals surface area contributed by atoms with Gasteiger partial charge in [-0.3, -0.25) is 4.68 Å². The van der Waals surface area contributed by atoms with Gasteiger partial charge in [-0.25, -0.2) is 0 Å². The highest BCUT2D eigenvalue weighted by atomic mass is 15.3. The highest BCUT2D eigenvalue weighted by Crippen LogP contribution is 2.26. The van der Waals surface area contributed by atoms with Crippen molar-refractivity contribution in [3.63, 3.8) is 0 Å². The number of para-hydroxylation sites is 1. The number of nitrogens with zero attached hydrogens (tertiary/aromatic N) is 2. The molecule has 0 saturated carbocycles. The van der Waals surface area contributed by atoms with E-state index in [2.05, 4.69) is 24.3 Å². The molecule has 1 aromatic carbocycles. The van der Waals surface area contributed by atoms with E-state index in [0.717, 1.165) is 22.4 Å². The Morgan fingerprint density at radius 1 is 1.40 bits per heavy atom. The molecule has 2 aromatic rings. The van der Waals surface area contributed by atoms with Gasteiger partial charge in [0.25, 0.3) is 0 Å². The van der Waals surface area contributed by atoms with Gasteiger partial charge in [-0.2, -0.15) is 5.10 Å². The maximum absolute atomic E-state index is 5.91. The molecule has 15 heavy (non-hydrogen) atoms. The van der Waals surface area contributed by atoms with E-state index in [0.29, 0.717) is 6.04 Å². The summed E-state index contributed by atoms with van der Waals surface area (Å²) in [5, 5.41) is 8.80. The van der Waals surface area contributed by atoms with Crippen LogP contribution >= 0.6 is 0 Å². The molecule has 2 rings (SSSR count). The van der Waals surface area contributed by atoms with Crippen LogP contribution in [-0.2, 0) is 7.05 Å². The van der Waals surface area contributed by atoms with Crippen LogP contribution in [0.3, 0.4) is 0 Å². The van der Waals surface area contributed by atoms with E-state index in [1.54, 1.807) is 0 Å². The third-order valence-corrected chi connectivity index (χ3v) is 2.32. The fourth-order valence-electron chi connectivity index (χ4n) is 1.75. The summed E-state index contributed by atoms with van der Waals surface area (Å²) in [5.74, 6) is 0.898. The van der Waals surface area contributed by atoms with Gasteiger partial charge in [-0.15, -0.1) is 0 Å². The number of hydrogen-bond acceptors (Lipinski definition) is 3. The third kappa shape index (κ3) is 1.63. The number of nitrogens with one attached hydrogen (secondary N) is 1. The molecule has 3 N–H and O–H groups in total. The van der Waals surface area contributed by atoms with Crippen molar-refractivity contribution in [1.29, 1.82) is 0 Å². The Morgan fingerprint density at radius 3 is 2.80 bits per heavy atom. The highest BCUT2D eigenvalue weighted by Gasteiger charge is 2.10. The summed E-state index contributed by atoms with van der Waals surface area (Å²) < 4.78 is 1.81. The van der Waals surface area contributed by atoms with E-state index < -0.39 is 0 Å². The summed E-state index contributed by atoms with van der Waals surface area (Å²) in [6.07, 6.45) is 0. The number of aromatic nitrogens is 2. The zero-order valence-electron chi connectivity index (χ0n) is 9.28. The predicted octanol–water partition coefficient (Wildman–Crippen LogP) is 1.98. The van der Waals surface area contributed by atoms with Gasteiger partial charge in [-0.1, -0.05) is 6.07 Å². The topological polar surface area (TPSA) is 55.9 Å². The first kappa shape index (κ1) is 9.83. The van der Waals surface area contributed by atoms with Gasteiger partial charge in [0.2, 0.25) is 0 Å². The van der Waals surface area contributed by atoms with Crippen molar-refractivity contribution >= 4 is 22.4 Å². The average molecular weight is 204 g/mol. The molecule has 0 radical (unpaired) electrons. The minimum atomic E-state index is 0.365. The van der Waals surface area contributed by atoms with E-state index in [1.165, 1.54) is 0 Å². The Hall–Kier alpha value is -1.71. The lowest BCUT2D eigenvalue weighted by Crippen LogP contribution is -2.10. The standard InChI is InChI=1S/C11H16N4/c1-7(2)13-11-8-5-4-6-9(12)10(8)15(3)14-11/h4-7H,12H2,1-3H3,(H,13,14). The lowest BCUT2D eigenvalue weighted by Gasteiger charge is -2.06. The molecular weight excluding hydrogens is 188 g/mol. The SMILES string of the molecule is CC(C)Nc1nn(C)c2c(N)cccc12. The molecule has 0 amide bonds. The van der Waals surface area contributed by atoms with Crippen molar-refractivity contribution in [1.82, 2.24) is 9.78 Å². The summed E-state index contributed by atoms with van der Waals surface area (Å²) in [5.41, 5.74) is 7.66. The maximum atomic E-state index is 5.91. The van der Waals surface area contributed by atoms with Gasteiger partial charge in [0.15, 0.2) is 5.82 Å². The zero-order valence-corrected chi connectivity index (χ0v) is 9.28. The second-order valence-electron chi connectivity index (χ2n) is 4.01. The summed E-state index contributed by atoms with van der Waals surface area (Å²) in [6, 6.07) is 6.24. The van der Waals surface area contributed by atoms with E-state index in [1.807, 2.05) is 29.9 Å². The van der Waals surface area contributed by atoms with Crippen molar-refractivity contribution in [3.05, 3.63) is 18.2 Å². The number of aryl methyl sites for hydroxylation is 1. The predicted molar refractivity (Wildman–Crippen MR) is 63.9 cm³/mol. The Morgan fingerprint density at radius 2 is 2.13 bits per heavy atom. The van der Waals surface area contributed by atoms with Gasteiger partial charge in [-0.05, 0) is 26.0 Å². The first-order chi connectivity index (χ1) is 7.09. The Balaban J connectivity index is 2.63. The molecule has 0 bridgehead atoms. The Bertz CT molecular complexity index is 485. The molecule has 0 saturated heterocycles. The van der Waals surface area contributed by atoms with E-state index in [-0.39, 0.29) is 0 Å². The molecule has 0 fully saturated rings. The van der Waals surface area contributed by atoms with E-state index >= 15 is 0 Å². The van der Waals surface area contributed by atoms with Gasteiger partial charge in [0, 0.05) is 18.5 Å². The number of nitrogens with two attached hydrogens (primary N) is 1. The second-order valence-corrected chi connectivity index (χ2v) is 4.01. The monoisotopic (exact) mass is 204 g/mol. The molecule has 0 unspecified atom stereocenters. The fourth-order valence-corrected chi connectivity index (χ4v) is 1.75. The summed E-state index contributed by atoms with van der Waals surface area (Å²) in [7, 11) is 1.91. The molecule has 1 aromatic heterocycles. The molecule has 0 atom stereocenters. The maximum Gasteiger partial charge on any atom is 0.156 e. The highest BCUT2D eigenvalue weighted by molar-refractivity contribution is 5.97. The minimum Gasteiger partial charge on any atom is -0.397 e. The van der Waals surface area contributed by atoms with E-state index in [4.69, 9.17) is 5.73 Å². The number of benzene rings is 1. The smallest absolute Gasteiger partial charge is 0.156 e. The van der Waals surface area contributed by atoms with Crippen molar-refractivity contribution in [2.45, 2.75) is 19.9 Å². The second kappa shape index (κ2) is 3.46. The number of fused-ring (bicyclic) bond motifs is 1. The molecule has 0 aliphatic rings. The average Bonchev–Trinajstić information content (AvgIpc) is 2.44. The molecule has 0 spiro atoms. The molecular formula is C11H16N4. The van der Waals surface area contributed by atoms with Crippen LogP contribution in [0.15, 0.2) is 18.2 Å². The summed E-state index contributed by atoms with van der Waals surface area (Å²) >= 11 is 0. The zero-order chi connectivity index (χ0) is 11.0.